The fraction of sp³-hybridized carbons (Fsp3) is 1.00. The summed E-state index contributed by atoms with van der Waals surface area (Å²) in [5.41, 5.74) is 0. The Bertz CT molecular complexity index is 154. The maximum absolute atomic E-state index is 9.12. The van der Waals surface area contributed by atoms with Gasteiger partial charge < -0.3 is 24.4 Å². The lowest BCUT2D eigenvalue weighted by Gasteiger charge is -2.30. The summed E-state index contributed by atoms with van der Waals surface area (Å²) >= 11 is 0. The molecule has 0 spiro atoms. The van der Waals surface area contributed by atoms with Crippen molar-refractivity contribution in [3.8, 4) is 0 Å². The van der Waals surface area contributed by atoms with Crippen molar-refractivity contribution >= 4 is 0 Å². The van der Waals surface area contributed by atoms with E-state index in [1.165, 1.54) is 7.11 Å². The van der Waals surface area contributed by atoms with Gasteiger partial charge in [0, 0.05) is 13.7 Å². The second-order valence-corrected chi connectivity index (χ2v) is 3.61. The SMILES string of the molecule is COC(CO)C(CO)OC1CCCCO1. The van der Waals surface area contributed by atoms with Gasteiger partial charge in [0.15, 0.2) is 6.29 Å². The minimum Gasteiger partial charge on any atom is -0.394 e. The molecule has 3 unspecified atom stereocenters. The van der Waals surface area contributed by atoms with Crippen LogP contribution in [-0.4, -0.2) is 55.6 Å². The first-order valence-corrected chi connectivity index (χ1v) is 5.33. The molecule has 3 atom stereocenters. The Morgan fingerprint density at radius 1 is 1.27 bits per heavy atom. The number of hydrogen-bond acceptors (Lipinski definition) is 5. The van der Waals surface area contributed by atoms with E-state index in [1.807, 2.05) is 0 Å². The fourth-order valence-electron chi connectivity index (χ4n) is 1.61. The van der Waals surface area contributed by atoms with Crippen molar-refractivity contribution in [1.82, 2.24) is 0 Å². The van der Waals surface area contributed by atoms with Gasteiger partial charge in [0.1, 0.15) is 12.2 Å². The Kier molecular flexibility index (Phi) is 6.12. The quantitative estimate of drug-likeness (QED) is 0.654. The number of aliphatic hydroxyl groups excluding tert-OH is 2. The smallest absolute Gasteiger partial charge is 0.158 e. The molecule has 1 fully saturated rings. The van der Waals surface area contributed by atoms with Crippen LogP contribution in [0.3, 0.4) is 0 Å². The molecule has 5 heteroatoms. The summed E-state index contributed by atoms with van der Waals surface area (Å²) in [6.45, 7) is 0.340. The number of methoxy groups -OCH3 is 1. The van der Waals surface area contributed by atoms with Crippen molar-refractivity contribution in [1.29, 1.82) is 0 Å². The van der Waals surface area contributed by atoms with Crippen LogP contribution in [0.25, 0.3) is 0 Å². The molecule has 0 aromatic rings. The van der Waals surface area contributed by atoms with Crippen molar-refractivity contribution < 1.29 is 24.4 Å². The summed E-state index contributed by atoms with van der Waals surface area (Å²) < 4.78 is 15.9. The Morgan fingerprint density at radius 3 is 2.47 bits per heavy atom. The minimum atomic E-state index is -0.525. The molecule has 0 radical (unpaired) electrons. The monoisotopic (exact) mass is 220 g/mol. The van der Waals surface area contributed by atoms with Crippen LogP contribution in [0.4, 0.5) is 0 Å². The van der Waals surface area contributed by atoms with E-state index >= 15 is 0 Å². The molecule has 1 aliphatic heterocycles. The zero-order chi connectivity index (χ0) is 11.1. The molecule has 1 rings (SSSR count). The van der Waals surface area contributed by atoms with Crippen LogP contribution < -0.4 is 0 Å². The summed E-state index contributed by atoms with van der Waals surface area (Å²) in [7, 11) is 1.48. The predicted octanol–water partition coefficient (Wildman–Crippen LogP) is -0.102. The fourth-order valence-corrected chi connectivity index (χ4v) is 1.61. The van der Waals surface area contributed by atoms with Crippen LogP contribution in [0.2, 0.25) is 0 Å². The molecule has 0 aromatic carbocycles. The highest BCUT2D eigenvalue weighted by atomic mass is 16.7. The van der Waals surface area contributed by atoms with E-state index in [2.05, 4.69) is 0 Å². The van der Waals surface area contributed by atoms with Gasteiger partial charge in [-0.15, -0.1) is 0 Å². The summed E-state index contributed by atoms with van der Waals surface area (Å²) in [5.74, 6) is 0. The van der Waals surface area contributed by atoms with Gasteiger partial charge in [-0.25, -0.2) is 0 Å². The Hall–Kier alpha value is -0.200. The molecule has 1 heterocycles. The number of rotatable bonds is 6. The van der Waals surface area contributed by atoms with Crippen LogP contribution in [-0.2, 0) is 14.2 Å². The van der Waals surface area contributed by atoms with Crippen molar-refractivity contribution in [2.75, 3.05) is 26.9 Å². The van der Waals surface area contributed by atoms with E-state index in [-0.39, 0.29) is 19.5 Å². The van der Waals surface area contributed by atoms with Gasteiger partial charge in [-0.3, -0.25) is 0 Å². The second kappa shape index (κ2) is 7.14. The number of ether oxygens (including phenoxy) is 3. The zero-order valence-corrected chi connectivity index (χ0v) is 9.09. The summed E-state index contributed by atoms with van der Waals surface area (Å²) in [5, 5.41) is 18.1. The lowest BCUT2D eigenvalue weighted by molar-refractivity contribution is -0.220. The summed E-state index contributed by atoms with van der Waals surface area (Å²) in [6, 6.07) is 0. The molecule has 15 heavy (non-hydrogen) atoms. The highest BCUT2D eigenvalue weighted by molar-refractivity contribution is 4.70. The highest BCUT2D eigenvalue weighted by Gasteiger charge is 2.25. The first-order chi connectivity index (χ1) is 7.31. The average Bonchev–Trinajstić information content (AvgIpc) is 2.30. The normalized spacial score (nSPS) is 26.2. The summed E-state index contributed by atoms with van der Waals surface area (Å²) in [4.78, 5) is 0. The highest BCUT2D eigenvalue weighted by Crippen LogP contribution is 2.17. The molecule has 0 aromatic heterocycles. The van der Waals surface area contributed by atoms with E-state index in [9.17, 15) is 0 Å². The summed E-state index contributed by atoms with van der Waals surface area (Å²) in [6.07, 6.45) is 1.65. The first kappa shape index (κ1) is 12.9. The van der Waals surface area contributed by atoms with Gasteiger partial charge in [-0.05, 0) is 19.3 Å². The largest absolute Gasteiger partial charge is 0.394 e. The lowest BCUT2D eigenvalue weighted by atomic mass is 10.2. The van der Waals surface area contributed by atoms with Gasteiger partial charge in [0.05, 0.1) is 13.2 Å². The van der Waals surface area contributed by atoms with Gasteiger partial charge in [0.25, 0.3) is 0 Å². The third kappa shape index (κ3) is 4.04. The standard InChI is InChI=1S/C10H20O5/c1-13-8(6-11)9(7-12)15-10-4-2-3-5-14-10/h8-12H,2-7H2,1H3. The minimum absolute atomic E-state index is 0.172. The van der Waals surface area contributed by atoms with Crippen LogP contribution in [0.1, 0.15) is 19.3 Å². The van der Waals surface area contributed by atoms with Crippen molar-refractivity contribution in [2.45, 2.75) is 37.8 Å². The van der Waals surface area contributed by atoms with Crippen LogP contribution in [0.15, 0.2) is 0 Å². The Balaban J connectivity index is 2.36. The molecule has 1 saturated heterocycles. The third-order valence-corrected chi connectivity index (χ3v) is 2.54. The van der Waals surface area contributed by atoms with E-state index in [0.717, 1.165) is 19.3 Å². The molecule has 1 aliphatic rings. The molecule has 2 N–H and O–H groups in total. The van der Waals surface area contributed by atoms with Crippen LogP contribution in [0, 0.1) is 0 Å². The predicted molar refractivity (Wildman–Crippen MR) is 53.4 cm³/mol. The first-order valence-electron chi connectivity index (χ1n) is 5.33. The topological polar surface area (TPSA) is 68.2 Å². The molecule has 0 bridgehead atoms. The third-order valence-electron chi connectivity index (χ3n) is 2.54. The lowest BCUT2D eigenvalue weighted by Crippen LogP contribution is -2.40. The number of hydrogen-bond donors (Lipinski definition) is 2. The Morgan fingerprint density at radius 2 is 2.00 bits per heavy atom. The maximum atomic E-state index is 9.12. The molecule has 90 valence electrons. The number of aliphatic hydroxyl groups is 2. The van der Waals surface area contributed by atoms with E-state index in [1.54, 1.807) is 0 Å². The molecule has 0 saturated carbocycles. The van der Waals surface area contributed by atoms with Gasteiger partial charge in [-0.2, -0.15) is 0 Å². The van der Waals surface area contributed by atoms with Crippen molar-refractivity contribution in [2.24, 2.45) is 0 Å². The van der Waals surface area contributed by atoms with Gasteiger partial charge in [0.2, 0.25) is 0 Å². The van der Waals surface area contributed by atoms with E-state index in [4.69, 9.17) is 24.4 Å². The molecular formula is C10H20O5. The van der Waals surface area contributed by atoms with E-state index in [0.29, 0.717) is 6.61 Å². The van der Waals surface area contributed by atoms with Gasteiger partial charge in [-0.1, -0.05) is 0 Å². The maximum Gasteiger partial charge on any atom is 0.158 e. The second-order valence-electron chi connectivity index (χ2n) is 3.61. The van der Waals surface area contributed by atoms with Crippen molar-refractivity contribution in [3.63, 3.8) is 0 Å². The molecule has 0 amide bonds. The average molecular weight is 220 g/mol. The van der Waals surface area contributed by atoms with E-state index < -0.39 is 12.2 Å². The van der Waals surface area contributed by atoms with Crippen LogP contribution >= 0.6 is 0 Å². The Labute approximate surface area is 89.9 Å². The molecular weight excluding hydrogens is 200 g/mol. The van der Waals surface area contributed by atoms with Crippen molar-refractivity contribution in [3.05, 3.63) is 0 Å². The molecule has 0 aliphatic carbocycles. The zero-order valence-electron chi connectivity index (χ0n) is 9.09. The van der Waals surface area contributed by atoms with Crippen LogP contribution in [0.5, 0.6) is 0 Å². The molecule has 5 nitrogen and oxygen atoms in total. The van der Waals surface area contributed by atoms with Gasteiger partial charge >= 0.3 is 0 Å².